The zero-order chi connectivity index (χ0) is 15.8. The number of hydrogen-bond donors (Lipinski definition) is 0. The average molecular weight is 305 g/mol. The Labute approximate surface area is 138 Å². The van der Waals surface area contributed by atoms with E-state index in [9.17, 15) is 0 Å². The fourth-order valence-corrected chi connectivity index (χ4v) is 4.00. The smallest absolute Gasteiger partial charge is 0.119 e. The molecular weight excluding hydrogens is 282 g/mol. The first-order chi connectivity index (χ1) is 11.2. The van der Waals surface area contributed by atoms with Crippen LogP contribution in [0.15, 0.2) is 48.0 Å². The zero-order valence-corrected chi connectivity index (χ0v) is 13.9. The quantitative estimate of drug-likeness (QED) is 0.822. The molecule has 0 radical (unpaired) electrons. The zero-order valence-electron chi connectivity index (χ0n) is 13.9. The van der Waals surface area contributed by atoms with Crippen molar-refractivity contribution in [2.75, 3.05) is 20.7 Å². The van der Waals surface area contributed by atoms with Gasteiger partial charge in [0.1, 0.15) is 5.75 Å². The Morgan fingerprint density at radius 3 is 2.78 bits per heavy atom. The SMILES string of the molecule is COc1ccc2c(c1)CN(C)CC2C1=Cc2ccccc2CC1. The fourth-order valence-electron chi connectivity index (χ4n) is 4.00. The van der Waals surface area contributed by atoms with Gasteiger partial charge in [-0.05, 0) is 54.3 Å². The van der Waals surface area contributed by atoms with E-state index in [1.165, 1.54) is 28.7 Å². The number of methoxy groups -OCH3 is 1. The largest absolute Gasteiger partial charge is 0.497 e. The Balaban J connectivity index is 1.75. The molecule has 0 bridgehead atoms. The van der Waals surface area contributed by atoms with Crippen molar-refractivity contribution in [1.29, 1.82) is 0 Å². The molecule has 23 heavy (non-hydrogen) atoms. The lowest BCUT2D eigenvalue weighted by atomic mass is 9.79. The number of aryl methyl sites for hydroxylation is 1. The number of benzene rings is 2. The molecule has 2 nitrogen and oxygen atoms in total. The summed E-state index contributed by atoms with van der Waals surface area (Å²) < 4.78 is 5.41. The second kappa shape index (κ2) is 5.86. The van der Waals surface area contributed by atoms with Crippen molar-refractivity contribution in [2.45, 2.75) is 25.3 Å². The molecule has 118 valence electrons. The molecule has 0 aromatic heterocycles. The molecular formula is C21H23NO. The second-order valence-electron chi connectivity index (χ2n) is 6.73. The summed E-state index contributed by atoms with van der Waals surface area (Å²) in [4.78, 5) is 2.42. The molecule has 2 aliphatic rings. The first-order valence-corrected chi connectivity index (χ1v) is 8.38. The summed E-state index contributed by atoms with van der Waals surface area (Å²) in [7, 11) is 3.96. The van der Waals surface area contributed by atoms with Gasteiger partial charge in [-0.15, -0.1) is 0 Å². The monoisotopic (exact) mass is 305 g/mol. The summed E-state index contributed by atoms with van der Waals surface area (Å²) in [6, 6.07) is 15.4. The normalized spacial score (nSPS) is 20.4. The molecule has 0 spiro atoms. The van der Waals surface area contributed by atoms with Crippen LogP contribution >= 0.6 is 0 Å². The number of rotatable bonds is 2. The van der Waals surface area contributed by atoms with Crippen LogP contribution in [0, 0.1) is 0 Å². The van der Waals surface area contributed by atoms with Gasteiger partial charge in [0.15, 0.2) is 0 Å². The number of likely N-dealkylation sites (N-methyl/N-ethyl adjacent to an activating group) is 1. The van der Waals surface area contributed by atoms with Crippen LogP contribution < -0.4 is 4.74 Å². The van der Waals surface area contributed by atoms with Crippen LogP contribution in [0.25, 0.3) is 6.08 Å². The van der Waals surface area contributed by atoms with Gasteiger partial charge in [-0.2, -0.15) is 0 Å². The van der Waals surface area contributed by atoms with Gasteiger partial charge >= 0.3 is 0 Å². The highest BCUT2D eigenvalue weighted by molar-refractivity contribution is 5.62. The summed E-state index contributed by atoms with van der Waals surface area (Å²) in [5.74, 6) is 1.46. The molecule has 0 N–H and O–H groups in total. The summed E-state index contributed by atoms with van der Waals surface area (Å²) in [5, 5.41) is 0. The van der Waals surface area contributed by atoms with Gasteiger partial charge in [0.25, 0.3) is 0 Å². The predicted molar refractivity (Wildman–Crippen MR) is 94.8 cm³/mol. The van der Waals surface area contributed by atoms with Crippen molar-refractivity contribution < 1.29 is 4.74 Å². The van der Waals surface area contributed by atoms with Crippen molar-refractivity contribution in [1.82, 2.24) is 4.90 Å². The predicted octanol–water partition coefficient (Wildman–Crippen LogP) is 4.25. The molecule has 2 heteroatoms. The van der Waals surface area contributed by atoms with Crippen molar-refractivity contribution in [3.8, 4) is 5.75 Å². The van der Waals surface area contributed by atoms with Crippen LogP contribution in [0.2, 0.25) is 0 Å². The lowest BCUT2D eigenvalue weighted by Gasteiger charge is -2.35. The van der Waals surface area contributed by atoms with Crippen LogP contribution in [0.4, 0.5) is 0 Å². The minimum Gasteiger partial charge on any atom is -0.497 e. The summed E-state index contributed by atoms with van der Waals surface area (Å²) in [5.41, 5.74) is 7.34. The van der Waals surface area contributed by atoms with E-state index in [1.807, 2.05) is 0 Å². The Morgan fingerprint density at radius 2 is 1.91 bits per heavy atom. The Kier molecular flexibility index (Phi) is 3.70. The molecule has 1 atom stereocenters. The highest BCUT2D eigenvalue weighted by Crippen LogP contribution is 2.39. The van der Waals surface area contributed by atoms with E-state index >= 15 is 0 Å². The molecule has 2 aromatic carbocycles. The van der Waals surface area contributed by atoms with E-state index in [0.717, 1.165) is 25.3 Å². The molecule has 1 aliphatic heterocycles. The first-order valence-electron chi connectivity index (χ1n) is 8.38. The van der Waals surface area contributed by atoms with Crippen LogP contribution in [-0.4, -0.2) is 25.6 Å². The lowest BCUT2D eigenvalue weighted by molar-refractivity contribution is 0.291. The summed E-state index contributed by atoms with van der Waals surface area (Å²) >= 11 is 0. The van der Waals surface area contributed by atoms with E-state index in [1.54, 1.807) is 12.7 Å². The minimum absolute atomic E-state index is 0.503. The van der Waals surface area contributed by atoms with Crippen LogP contribution in [-0.2, 0) is 13.0 Å². The molecule has 0 saturated carbocycles. The fraction of sp³-hybridized carbons (Fsp3) is 0.333. The van der Waals surface area contributed by atoms with Gasteiger partial charge in [-0.1, -0.05) is 42.0 Å². The third-order valence-corrected chi connectivity index (χ3v) is 5.19. The van der Waals surface area contributed by atoms with Gasteiger partial charge in [0, 0.05) is 19.0 Å². The summed E-state index contributed by atoms with van der Waals surface area (Å²) in [6.07, 6.45) is 4.76. The topological polar surface area (TPSA) is 12.5 Å². The van der Waals surface area contributed by atoms with Gasteiger partial charge in [-0.3, -0.25) is 0 Å². The number of nitrogens with zero attached hydrogens (tertiary/aromatic N) is 1. The highest BCUT2D eigenvalue weighted by Gasteiger charge is 2.27. The maximum absolute atomic E-state index is 5.41. The first kappa shape index (κ1) is 14.5. The number of hydrogen-bond acceptors (Lipinski definition) is 2. The van der Waals surface area contributed by atoms with E-state index < -0.39 is 0 Å². The van der Waals surface area contributed by atoms with E-state index in [4.69, 9.17) is 4.74 Å². The van der Waals surface area contributed by atoms with Crippen LogP contribution in [0.1, 0.15) is 34.6 Å². The van der Waals surface area contributed by atoms with Crippen molar-refractivity contribution in [3.05, 3.63) is 70.3 Å². The molecule has 4 rings (SSSR count). The molecule has 0 fully saturated rings. The maximum Gasteiger partial charge on any atom is 0.119 e. The maximum atomic E-state index is 5.41. The summed E-state index contributed by atoms with van der Waals surface area (Å²) in [6.45, 7) is 2.11. The molecule has 0 amide bonds. The van der Waals surface area contributed by atoms with E-state index in [-0.39, 0.29) is 0 Å². The van der Waals surface area contributed by atoms with Crippen molar-refractivity contribution in [3.63, 3.8) is 0 Å². The lowest BCUT2D eigenvalue weighted by Crippen LogP contribution is -2.31. The molecule has 1 heterocycles. The Bertz CT molecular complexity index is 762. The van der Waals surface area contributed by atoms with Gasteiger partial charge in [0.05, 0.1) is 7.11 Å². The molecule has 1 aliphatic carbocycles. The molecule has 1 unspecified atom stereocenters. The van der Waals surface area contributed by atoms with Crippen molar-refractivity contribution >= 4 is 6.08 Å². The number of ether oxygens (including phenoxy) is 1. The average Bonchev–Trinajstić information content (AvgIpc) is 2.60. The van der Waals surface area contributed by atoms with Crippen LogP contribution in [0.5, 0.6) is 5.75 Å². The van der Waals surface area contributed by atoms with E-state index in [2.05, 4.69) is 60.5 Å². The van der Waals surface area contributed by atoms with Crippen molar-refractivity contribution in [2.24, 2.45) is 0 Å². The van der Waals surface area contributed by atoms with E-state index in [0.29, 0.717) is 5.92 Å². The Morgan fingerprint density at radius 1 is 1.04 bits per heavy atom. The van der Waals surface area contributed by atoms with Gasteiger partial charge in [-0.25, -0.2) is 0 Å². The standard InChI is InChI=1S/C21H23NO/c1-22-13-18-12-19(23-2)9-10-20(18)21(14-22)17-8-7-15-5-3-4-6-16(15)11-17/h3-6,9-12,21H,7-8,13-14H2,1-2H3. The van der Waals surface area contributed by atoms with Gasteiger partial charge < -0.3 is 9.64 Å². The molecule has 0 saturated heterocycles. The van der Waals surface area contributed by atoms with Gasteiger partial charge in [0.2, 0.25) is 0 Å². The third-order valence-electron chi connectivity index (χ3n) is 5.19. The number of fused-ring (bicyclic) bond motifs is 2. The van der Waals surface area contributed by atoms with Crippen LogP contribution in [0.3, 0.4) is 0 Å². The minimum atomic E-state index is 0.503. The second-order valence-corrected chi connectivity index (χ2v) is 6.73. The third kappa shape index (κ3) is 2.68. The molecule has 2 aromatic rings. The highest BCUT2D eigenvalue weighted by atomic mass is 16.5. The Hall–Kier alpha value is -2.06.